The number of nitrogens with zero attached hydrogens (tertiary/aromatic N) is 2. The Morgan fingerprint density at radius 1 is 1.15 bits per heavy atom. The molecule has 1 aliphatic heterocycles. The lowest BCUT2D eigenvalue weighted by molar-refractivity contribution is -0.116. The molecule has 0 radical (unpaired) electrons. The van der Waals surface area contributed by atoms with Crippen LogP contribution in [0.1, 0.15) is 29.5 Å². The topological polar surface area (TPSA) is 44.8 Å². The SMILES string of the molecule is CN(C)c1ccc(/C=C/C(=O)NCCCCN2CCc3ccc(OSC(F)(F)F)cc3C2)cc1. The number of fused-ring (bicyclic) bond motifs is 1. The average molecular weight is 494 g/mol. The van der Waals surface area contributed by atoms with Gasteiger partial charge in [-0.3, -0.25) is 9.69 Å². The molecular formula is C25H30F3N3O2S. The smallest absolute Gasteiger partial charge is 0.417 e. The van der Waals surface area contributed by atoms with Crippen molar-refractivity contribution in [3.63, 3.8) is 0 Å². The van der Waals surface area contributed by atoms with Crippen molar-refractivity contribution in [3.05, 3.63) is 65.2 Å². The summed E-state index contributed by atoms with van der Waals surface area (Å²) in [4.78, 5) is 16.3. The molecule has 0 fully saturated rings. The minimum atomic E-state index is -4.43. The van der Waals surface area contributed by atoms with Crippen LogP contribution >= 0.6 is 12.0 Å². The molecule has 2 aromatic rings. The number of amides is 1. The van der Waals surface area contributed by atoms with Gasteiger partial charge in [-0.15, -0.1) is 0 Å². The van der Waals surface area contributed by atoms with E-state index in [2.05, 4.69) is 10.2 Å². The fourth-order valence-corrected chi connectivity index (χ4v) is 4.01. The lowest BCUT2D eigenvalue weighted by Gasteiger charge is -2.29. The van der Waals surface area contributed by atoms with Crippen LogP contribution in [0.5, 0.6) is 5.75 Å². The molecule has 9 heteroatoms. The Morgan fingerprint density at radius 2 is 1.91 bits per heavy atom. The number of anilines is 1. The van der Waals surface area contributed by atoms with E-state index in [1.54, 1.807) is 24.3 Å². The van der Waals surface area contributed by atoms with E-state index >= 15 is 0 Å². The first-order valence-corrected chi connectivity index (χ1v) is 11.9. The second-order valence-electron chi connectivity index (χ2n) is 8.39. The van der Waals surface area contributed by atoms with Gasteiger partial charge >= 0.3 is 5.51 Å². The number of rotatable bonds is 10. The minimum Gasteiger partial charge on any atom is -0.417 e. The maximum atomic E-state index is 12.4. The Balaban J connectivity index is 1.35. The van der Waals surface area contributed by atoms with Gasteiger partial charge in [0.1, 0.15) is 5.75 Å². The molecule has 0 saturated heterocycles. The van der Waals surface area contributed by atoms with Crippen molar-refractivity contribution in [1.82, 2.24) is 10.2 Å². The first-order valence-electron chi connectivity index (χ1n) is 11.2. The second kappa shape index (κ2) is 12.2. The van der Waals surface area contributed by atoms with Crippen LogP contribution in [0.25, 0.3) is 6.08 Å². The number of benzene rings is 2. The number of unbranched alkanes of at least 4 members (excludes halogenated alkanes) is 1. The first-order chi connectivity index (χ1) is 16.2. The third-order valence-corrected chi connectivity index (χ3v) is 6.00. The molecule has 0 bridgehead atoms. The molecule has 1 amide bonds. The fourth-order valence-electron chi connectivity index (χ4n) is 3.72. The summed E-state index contributed by atoms with van der Waals surface area (Å²) >= 11 is -0.491. The van der Waals surface area contributed by atoms with Gasteiger partial charge < -0.3 is 14.4 Å². The molecule has 0 saturated carbocycles. The minimum absolute atomic E-state index is 0.118. The van der Waals surface area contributed by atoms with Crippen LogP contribution in [-0.4, -0.2) is 50.0 Å². The number of alkyl halides is 3. The molecule has 5 nitrogen and oxygen atoms in total. The van der Waals surface area contributed by atoms with Crippen molar-refractivity contribution in [1.29, 1.82) is 0 Å². The van der Waals surface area contributed by atoms with Crippen molar-refractivity contribution >= 4 is 29.7 Å². The molecular weight excluding hydrogens is 463 g/mol. The van der Waals surface area contributed by atoms with E-state index in [4.69, 9.17) is 4.18 Å². The van der Waals surface area contributed by atoms with E-state index in [0.29, 0.717) is 13.1 Å². The Kier molecular flexibility index (Phi) is 9.29. The highest BCUT2D eigenvalue weighted by Crippen LogP contribution is 2.33. The Bertz CT molecular complexity index is 978. The molecule has 1 heterocycles. The molecule has 184 valence electrons. The fraction of sp³-hybridized carbons (Fsp3) is 0.400. The second-order valence-corrected chi connectivity index (χ2v) is 9.18. The van der Waals surface area contributed by atoms with Gasteiger partial charge in [-0.1, -0.05) is 18.2 Å². The molecule has 0 spiro atoms. The summed E-state index contributed by atoms with van der Waals surface area (Å²) < 4.78 is 41.8. The molecule has 0 aliphatic carbocycles. The predicted molar refractivity (Wildman–Crippen MR) is 132 cm³/mol. The molecule has 0 atom stereocenters. The van der Waals surface area contributed by atoms with Crippen LogP contribution in [0.4, 0.5) is 18.9 Å². The Morgan fingerprint density at radius 3 is 2.62 bits per heavy atom. The quantitative estimate of drug-likeness (QED) is 0.278. The van der Waals surface area contributed by atoms with Crippen LogP contribution in [0.2, 0.25) is 0 Å². The van der Waals surface area contributed by atoms with Gasteiger partial charge in [-0.05, 0) is 72.8 Å². The summed E-state index contributed by atoms with van der Waals surface area (Å²) in [6.45, 7) is 3.06. The predicted octanol–water partition coefficient (Wildman–Crippen LogP) is 5.27. The van der Waals surface area contributed by atoms with Gasteiger partial charge in [-0.25, -0.2) is 0 Å². The van der Waals surface area contributed by atoms with Gasteiger partial charge in [-0.2, -0.15) is 13.2 Å². The monoisotopic (exact) mass is 493 g/mol. The number of carbonyl (C=O) groups excluding carboxylic acids is 1. The summed E-state index contributed by atoms with van der Waals surface area (Å²) in [5.41, 5.74) is -0.200. The Hall–Kier alpha value is -2.65. The van der Waals surface area contributed by atoms with Crippen LogP contribution in [0.15, 0.2) is 48.5 Å². The summed E-state index contributed by atoms with van der Waals surface area (Å²) in [6.07, 6.45) is 5.98. The zero-order chi connectivity index (χ0) is 24.6. The molecule has 0 unspecified atom stereocenters. The Labute approximate surface area is 203 Å². The maximum absolute atomic E-state index is 12.4. The van der Waals surface area contributed by atoms with Crippen molar-refractivity contribution in [2.45, 2.75) is 31.3 Å². The standard InChI is InChI=1S/C25H30F3N3O2S/c1-30(2)22-9-5-19(6-10-22)7-12-24(32)29-14-3-4-15-31-16-13-20-8-11-23(17-21(20)18-31)33-34-25(26,27)28/h5-12,17H,3-4,13-16,18H2,1-2H3,(H,29,32)/b12-7+. The van der Waals surface area contributed by atoms with E-state index < -0.39 is 17.6 Å². The van der Waals surface area contributed by atoms with E-state index in [9.17, 15) is 18.0 Å². The van der Waals surface area contributed by atoms with E-state index in [1.807, 2.05) is 49.3 Å². The van der Waals surface area contributed by atoms with E-state index in [1.165, 1.54) is 0 Å². The molecule has 1 aliphatic rings. The number of hydrogen-bond acceptors (Lipinski definition) is 5. The van der Waals surface area contributed by atoms with Crippen molar-refractivity contribution < 1.29 is 22.1 Å². The normalized spacial score (nSPS) is 14.1. The van der Waals surface area contributed by atoms with Gasteiger partial charge in [0.05, 0.1) is 0 Å². The third kappa shape index (κ3) is 8.61. The summed E-state index contributed by atoms with van der Waals surface area (Å²) in [5, 5.41) is 2.91. The maximum Gasteiger partial charge on any atom is 0.479 e. The van der Waals surface area contributed by atoms with Gasteiger partial charge in [0.15, 0.2) is 12.0 Å². The molecule has 3 rings (SSSR count). The lowest BCUT2D eigenvalue weighted by atomic mass is 9.99. The number of carbonyl (C=O) groups is 1. The summed E-state index contributed by atoms with van der Waals surface area (Å²) in [6, 6.07) is 13.1. The highest BCUT2D eigenvalue weighted by Gasteiger charge is 2.31. The van der Waals surface area contributed by atoms with Crippen LogP contribution in [0.3, 0.4) is 0 Å². The van der Waals surface area contributed by atoms with Crippen LogP contribution in [0, 0.1) is 0 Å². The molecule has 2 aromatic carbocycles. The van der Waals surface area contributed by atoms with Crippen LogP contribution < -0.4 is 14.4 Å². The summed E-state index contributed by atoms with van der Waals surface area (Å²) in [7, 11) is 3.96. The van der Waals surface area contributed by atoms with E-state index in [0.717, 1.165) is 54.7 Å². The highest BCUT2D eigenvalue weighted by molar-refractivity contribution is 7.95. The highest BCUT2D eigenvalue weighted by atomic mass is 32.2. The number of nitrogens with one attached hydrogen (secondary N) is 1. The van der Waals surface area contributed by atoms with Gasteiger partial charge in [0, 0.05) is 45.5 Å². The average Bonchev–Trinajstić information content (AvgIpc) is 2.80. The first kappa shape index (κ1) is 26.0. The van der Waals surface area contributed by atoms with Crippen molar-refractivity contribution in [3.8, 4) is 5.75 Å². The number of halogens is 3. The van der Waals surface area contributed by atoms with Crippen molar-refractivity contribution in [2.75, 3.05) is 38.6 Å². The van der Waals surface area contributed by atoms with Gasteiger partial charge in [0.25, 0.3) is 0 Å². The molecule has 34 heavy (non-hydrogen) atoms. The molecule has 1 N–H and O–H groups in total. The van der Waals surface area contributed by atoms with Crippen LogP contribution in [-0.2, 0) is 17.8 Å². The zero-order valence-electron chi connectivity index (χ0n) is 19.4. The zero-order valence-corrected chi connectivity index (χ0v) is 20.2. The van der Waals surface area contributed by atoms with Gasteiger partial charge in [0.2, 0.25) is 5.91 Å². The van der Waals surface area contributed by atoms with Crippen molar-refractivity contribution in [2.24, 2.45) is 0 Å². The lowest BCUT2D eigenvalue weighted by Crippen LogP contribution is -2.32. The molecule has 0 aromatic heterocycles. The summed E-state index contributed by atoms with van der Waals surface area (Å²) in [5.74, 6) is 0.0974. The van der Waals surface area contributed by atoms with E-state index in [-0.39, 0.29) is 11.7 Å². The largest absolute Gasteiger partial charge is 0.479 e. The third-order valence-electron chi connectivity index (χ3n) is 5.54. The number of hydrogen-bond donors (Lipinski definition) is 1.